The van der Waals surface area contributed by atoms with Gasteiger partial charge in [0.15, 0.2) is 5.11 Å². The van der Waals surface area contributed by atoms with Crippen LogP contribution in [0, 0.1) is 0 Å². The zero-order chi connectivity index (χ0) is 18.8. The SMILES string of the molecule is COC(=O)CCCCCNC(=S)Nc1ccc(N2CC[NH+](C)CC2)cc1. The summed E-state index contributed by atoms with van der Waals surface area (Å²) in [6, 6.07) is 8.45. The van der Waals surface area contributed by atoms with Crippen molar-refractivity contribution in [3.05, 3.63) is 24.3 Å². The van der Waals surface area contributed by atoms with Crippen LogP contribution >= 0.6 is 12.2 Å². The maximum atomic E-state index is 11.0. The number of likely N-dealkylation sites (N-methyl/N-ethyl adjacent to an activating group) is 1. The zero-order valence-corrected chi connectivity index (χ0v) is 16.7. The monoisotopic (exact) mass is 379 g/mol. The lowest BCUT2D eigenvalue weighted by Crippen LogP contribution is -3.12. The summed E-state index contributed by atoms with van der Waals surface area (Å²) in [5.41, 5.74) is 2.27. The molecule has 1 aromatic carbocycles. The Hall–Kier alpha value is -1.86. The van der Waals surface area contributed by atoms with Gasteiger partial charge >= 0.3 is 5.97 Å². The molecule has 7 heteroatoms. The van der Waals surface area contributed by atoms with E-state index < -0.39 is 0 Å². The van der Waals surface area contributed by atoms with E-state index in [1.807, 2.05) is 0 Å². The molecule has 0 radical (unpaired) electrons. The molecule has 1 heterocycles. The third-order valence-corrected chi connectivity index (χ3v) is 4.92. The lowest BCUT2D eigenvalue weighted by Gasteiger charge is -2.31. The van der Waals surface area contributed by atoms with Crippen LogP contribution in [0.25, 0.3) is 0 Å². The van der Waals surface area contributed by atoms with Gasteiger partial charge in [0.25, 0.3) is 0 Å². The summed E-state index contributed by atoms with van der Waals surface area (Å²) in [6.45, 7) is 5.39. The molecule has 0 bridgehead atoms. The van der Waals surface area contributed by atoms with Crippen LogP contribution in [0.2, 0.25) is 0 Å². The highest BCUT2D eigenvalue weighted by Gasteiger charge is 2.16. The van der Waals surface area contributed by atoms with Gasteiger partial charge in [-0.1, -0.05) is 6.42 Å². The van der Waals surface area contributed by atoms with E-state index in [9.17, 15) is 4.79 Å². The van der Waals surface area contributed by atoms with Crippen molar-refractivity contribution in [3.63, 3.8) is 0 Å². The van der Waals surface area contributed by atoms with Gasteiger partial charge in [-0.3, -0.25) is 4.79 Å². The van der Waals surface area contributed by atoms with Crippen molar-refractivity contribution in [2.24, 2.45) is 0 Å². The minimum Gasteiger partial charge on any atom is -0.469 e. The highest BCUT2D eigenvalue weighted by Crippen LogP contribution is 2.17. The third kappa shape index (κ3) is 7.17. The molecule has 3 N–H and O–H groups in total. The van der Waals surface area contributed by atoms with Gasteiger partial charge < -0.3 is 25.2 Å². The first-order valence-corrected chi connectivity index (χ1v) is 9.77. The van der Waals surface area contributed by atoms with Crippen molar-refractivity contribution in [2.75, 3.05) is 57.1 Å². The predicted molar refractivity (Wildman–Crippen MR) is 110 cm³/mol. The summed E-state index contributed by atoms with van der Waals surface area (Å²) in [7, 11) is 3.67. The Morgan fingerprint density at radius 1 is 1.19 bits per heavy atom. The number of esters is 1. The number of nitrogens with zero attached hydrogens (tertiary/aromatic N) is 1. The van der Waals surface area contributed by atoms with Gasteiger partial charge in [-0.15, -0.1) is 0 Å². The van der Waals surface area contributed by atoms with E-state index in [0.29, 0.717) is 11.5 Å². The van der Waals surface area contributed by atoms with E-state index in [2.05, 4.69) is 51.6 Å². The van der Waals surface area contributed by atoms with Crippen molar-refractivity contribution >= 4 is 34.7 Å². The fourth-order valence-electron chi connectivity index (χ4n) is 2.95. The number of unbranched alkanes of at least 4 members (excludes halogenated alkanes) is 2. The number of anilines is 2. The second-order valence-corrected chi connectivity index (χ2v) is 7.17. The number of benzene rings is 1. The Kier molecular flexibility index (Phi) is 8.64. The van der Waals surface area contributed by atoms with Crippen LogP contribution in [0.3, 0.4) is 0 Å². The van der Waals surface area contributed by atoms with Crippen molar-refractivity contribution in [1.29, 1.82) is 0 Å². The Labute approximate surface area is 161 Å². The number of hydrogen-bond acceptors (Lipinski definition) is 4. The summed E-state index contributed by atoms with van der Waals surface area (Å²) >= 11 is 5.34. The quantitative estimate of drug-likeness (QED) is 0.357. The number of quaternary nitrogens is 1. The molecule has 1 saturated heterocycles. The third-order valence-electron chi connectivity index (χ3n) is 4.68. The van der Waals surface area contributed by atoms with E-state index in [1.54, 1.807) is 4.90 Å². The second-order valence-electron chi connectivity index (χ2n) is 6.76. The minimum atomic E-state index is -0.142. The van der Waals surface area contributed by atoms with E-state index in [0.717, 1.165) is 44.6 Å². The van der Waals surface area contributed by atoms with Crippen LogP contribution in [0.1, 0.15) is 25.7 Å². The number of ether oxygens (including phenoxy) is 1. The predicted octanol–water partition coefficient (Wildman–Crippen LogP) is 1.04. The Bertz CT molecular complexity index is 571. The largest absolute Gasteiger partial charge is 0.469 e. The molecular formula is C19H31N4O2S+. The van der Waals surface area contributed by atoms with Gasteiger partial charge in [-0.05, 0) is 49.3 Å². The first kappa shape index (κ1) is 20.5. The van der Waals surface area contributed by atoms with Gasteiger partial charge in [0.05, 0.1) is 40.3 Å². The number of rotatable bonds is 8. The second kappa shape index (κ2) is 11.0. The molecule has 0 atom stereocenters. The van der Waals surface area contributed by atoms with Crippen LogP contribution in [0.5, 0.6) is 0 Å². The molecule has 0 spiro atoms. The van der Waals surface area contributed by atoms with Gasteiger partial charge in [-0.2, -0.15) is 0 Å². The molecule has 1 aliphatic rings. The topological polar surface area (TPSA) is 58.0 Å². The van der Waals surface area contributed by atoms with Gasteiger partial charge in [0, 0.05) is 24.3 Å². The van der Waals surface area contributed by atoms with Crippen molar-refractivity contribution in [3.8, 4) is 0 Å². The van der Waals surface area contributed by atoms with E-state index in [-0.39, 0.29) is 5.97 Å². The number of piperazine rings is 1. The first-order chi connectivity index (χ1) is 12.6. The molecule has 144 valence electrons. The fourth-order valence-corrected chi connectivity index (χ4v) is 3.17. The summed E-state index contributed by atoms with van der Waals surface area (Å²) in [5.74, 6) is -0.142. The van der Waals surface area contributed by atoms with Crippen LogP contribution < -0.4 is 20.4 Å². The fraction of sp³-hybridized carbons (Fsp3) is 0.579. The molecular weight excluding hydrogens is 348 g/mol. The molecule has 1 aliphatic heterocycles. The standard InChI is InChI=1S/C19H30N4O2S/c1-22-12-14-23(15-13-22)17-9-7-16(8-10-17)21-19(26)20-11-5-3-4-6-18(24)25-2/h7-10H,3-6,11-15H2,1-2H3,(H2,20,21,26)/p+1. The molecule has 0 aromatic heterocycles. The first-order valence-electron chi connectivity index (χ1n) is 9.36. The minimum absolute atomic E-state index is 0.142. The molecule has 2 rings (SSSR count). The van der Waals surface area contributed by atoms with Crippen LogP contribution in [-0.2, 0) is 9.53 Å². The number of thiocarbonyl (C=S) groups is 1. The summed E-state index contributed by atoms with van der Waals surface area (Å²) in [5, 5.41) is 7.06. The van der Waals surface area contributed by atoms with Crippen molar-refractivity contribution in [2.45, 2.75) is 25.7 Å². The Morgan fingerprint density at radius 3 is 2.54 bits per heavy atom. The number of carbonyl (C=O) groups excluding carboxylic acids is 1. The van der Waals surface area contributed by atoms with E-state index in [1.165, 1.54) is 25.9 Å². The van der Waals surface area contributed by atoms with Crippen LogP contribution in [0.15, 0.2) is 24.3 Å². The van der Waals surface area contributed by atoms with Crippen LogP contribution in [0.4, 0.5) is 11.4 Å². The van der Waals surface area contributed by atoms with Crippen LogP contribution in [-0.4, -0.2) is 58.0 Å². The normalized spacial score (nSPS) is 14.8. The highest BCUT2D eigenvalue weighted by molar-refractivity contribution is 7.80. The average Bonchev–Trinajstić information content (AvgIpc) is 2.65. The molecule has 1 aromatic rings. The molecule has 1 fully saturated rings. The highest BCUT2D eigenvalue weighted by atomic mass is 32.1. The molecule has 0 aliphatic carbocycles. The Morgan fingerprint density at radius 2 is 1.88 bits per heavy atom. The number of methoxy groups -OCH3 is 1. The lowest BCUT2D eigenvalue weighted by atomic mass is 10.2. The number of carbonyl (C=O) groups is 1. The van der Waals surface area contributed by atoms with Crippen molar-refractivity contribution in [1.82, 2.24) is 5.32 Å². The smallest absolute Gasteiger partial charge is 0.305 e. The maximum Gasteiger partial charge on any atom is 0.305 e. The Balaban J connectivity index is 1.63. The molecule has 0 unspecified atom stereocenters. The maximum absolute atomic E-state index is 11.0. The van der Waals surface area contributed by atoms with Crippen molar-refractivity contribution < 1.29 is 14.4 Å². The molecule has 6 nitrogen and oxygen atoms in total. The zero-order valence-electron chi connectivity index (χ0n) is 15.8. The molecule has 0 amide bonds. The van der Waals surface area contributed by atoms with Gasteiger partial charge in [0.1, 0.15) is 0 Å². The van der Waals surface area contributed by atoms with E-state index >= 15 is 0 Å². The summed E-state index contributed by atoms with van der Waals surface area (Å²) < 4.78 is 4.62. The number of hydrogen-bond donors (Lipinski definition) is 3. The summed E-state index contributed by atoms with van der Waals surface area (Å²) in [6.07, 6.45) is 3.29. The van der Waals surface area contributed by atoms with E-state index in [4.69, 9.17) is 12.2 Å². The van der Waals surface area contributed by atoms with Gasteiger partial charge in [-0.25, -0.2) is 0 Å². The number of nitrogens with one attached hydrogen (secondary N) is 3. The lowest BCUT2D eigenvalue weighted by molar-refractivity contribution is -0.880. The van der Waals surface area contributed by atoms with Gasteiger partial charge in [0.2, 0.25) is 0 Å². The molecule has 26 heavy (non-hydrogen) atoms. The molecule has 0 saturated carbocycles. The average molecular weight is 380 g/mol. The summed E-state index contributed by atoms with van der Waals surface area (Å²) in [4.78, 5) is 15.1.